The molecule has 1 aliphatic rings. The average molecular weight is 358 g/mol. The minimum Gasteiger partial charge on any atom is -0.486 e. The molecule has 4 rings (SSSR count). The lowest BCUT2D eigenvalue weighted by Gasteiger charge is -2.18. The quantitative estimate of drug-likeness (QED) is 0.754. The summed E-state index contributed by atoms with van der Waals surface area (Å²) >= 11 is 6.46. The lowest BCUT2D eigenvalue weighted by atomic mass is 10.1. The normalized spacial score (nSPS) is 13.0. The van der Waals surface area contributed by atoms with Crippen LogP contribution in [0.15, 0.2) is 30.5 Å². The molecule has 7 heteroatoms. The summed E-state index contributed by atoms with van der Waals surface area (Å²) in [5.74, 6) is 1.24. The van der Waals surface area contributed by atoms with E-state index in [1.807, 2.05) is 24.3 Å². The fourth-order valence-electron chi connectivity index (χ4n) is 2.82. The van der Waals surface area contributed by atoms with E-state index >= 15 is 0 Å². The summed E-state index contributed by atoms with van der Waals surface area (Å²) < 4.78 is 11.1. The van der Waals surface area contributed by atoms with E-state index in [1.54, 1.807) is 6.20 Å². The third-order valence-electron chi connectivity index (χ3n) is 4.00. The SMILES string of the molecule is CC(=O)NCc1cc2cc(Cl)c(-c3cc4c(cn3)OCCO4)cc2[nH]1. The molecule has 0 saturated heterocycles. The number of fused-ring (bicyclic) bond motifs is 2. The molecule has 0 bridgehead atoms. The van der Waals surface area contributed by atoms with Gasteiger partial charge in [0, 0.05) is 35.2 Å². The van der Waals surface area contributed by atoms with Gasteiger partial charge >= 0.3 is 0 Å². The fourth-order valence-corrected chi connectivity index (χ4v) is 3.09. The molecule has 2 aromatic heterocycles. The molecule has 25 heavy (non-hydrogen) atoms. The van der Waals surface area contributed by atoms with Gasteiger partial charge in [0.05, 0.1) is 23.5 Å². The second-order valence-electron chi connectivity index (χ2n) is 5.84. The summed E-state index contributed by atoms with van der Waals surface area (Å²) in [4.78, 5) is 18.8. The van der Waals surface area contributed by atoms with E-state index in [4.69, 9.17) is 21.1 Å². The number of rotatable bonds is 3. The summed E-state index contributed by atoms with van der Waals surface area (Å²) in [5.41, 5.74) is 3.36. The third kappa shape index (κ3) is 3.13. The van der Waals surface area contributed by atoms with Crippen LogP contribution >= 0.6 is 11.6 Å². The van der Waals surface area contributed by atoms with Gasteiger partial charge in [-0.2, -0.15) is 0 Å². The Morgan fingerprint density at radius 2 is 2.04 bits per heavy atom. The Bertz CT molecular complexity index is 968. The van der Waals surface area contributed by atoms with Crippen molar-refractivity contribution in [2.45, 2.75) is 13.5 Å². The molecule has 0 spiro atoms. The highest BCUT2D eigenvalue weighted by molar-refractivity contribution is 6.34. The predicted molar refractivity (Wildman–Crippen MR) is 95.1 cm³/mol. The van der Waals surface area contributed by atoms with Gasteiger partial charge in [-0.05, 0) is 18.2 Å². The van der Waals surface area contributed by atoms with Crippen molar-refractivity contribution in [3.63, 3.8) is 0 Å². The van der Waals surface area contributed by atoms with E-state index in [-0.39, 0.29) is 5.91 Å². The van der Waals surface area contributed by atoms with Crippen LogP contribution in [0.5, 0.6) is 11.5 Å². The van der Waals surface area contributed by atoms with Gasteiger partial charge in [0.2, 0.25) is 5.91 Å². The summed E-state index contributed by atoms with van der Waals surface area (Å²) in [6.07, 6.45) is 1.65. The number of hydrogen-bond acceptors (Lipinski definition) is 4. The van der Waals surface area contributed by atoms with Crippen molar-refractivity contribution >= 4 is 28.4 Å². The second kappa shape index (κ2) is 6.29. The highest BCUT2D eigenvalue weighted by Gasteiger charge is 2.16. The molecule has 0 fully saturated rings. The Morgan fingerprint density at radius 3 is 2.84 bits per heavy atom. The molecule has 2 N–H and O–H groups in total. The number of aromatic nitrogens is 2. The molecule has 0 saturated carbocycles. The Hall–Kier alpha value is -2.73. The van der Waals surface area contributed by atoms with Crippen LogP contribution in [0.1, 0.15) is 12.6 Å². The van der Waals surface area contributed by atoms with Crippen molar-refractivity contribution in [3.05, 3.63) is 41.2 Å². The number of hydrogen-bond donors (Lipinski definition) is 2. The Balaban J connectivity index is 1.72. The van der Waals surface area contributed by atoms with E-state index < -0.39 is 0 Å². The standard InChI is InChI=1S/C18H16ClN3O3/c1-10(23)20-8-12-4-11-5-14(19)13(6-15(11)22-12)16-7-17-18(9-21-16)25-3-2-24-17/h4-7,9,22H,2-3,8H2,1H3,(H,20,23). The third-order valence-corrected chi connectivity index (χ3v) is 4.31. The monoisotopic (exact) mass is 357 g/mol. The maximum atomic E-state index is 11.1. The highest BCUT2D eigenvalue weighted by Crippen LogP contribution is 2.36. The molecule has 0 atom stereocenters. The number of pyridine rings is 1. The van der Waals surface area contributed by atoms with E-state index in [2.05, 4.69) is 15.3 Å². The van der Waals surface area contributed by atoms with Gasteiger partial charge in [0.1, 0.15) is 13.2 Å². The lowest BCUT2D eigenvalue weighted by Crippen LogP contribution is -2.18. The Kier molecular flexibility index (Phi) is 3.97. The first-order chi connectivity index (χ1) is 12.1. The first kappa shape index (κ1) is 15.8. The van der Waals surface area contributed by atoms with E-state index in [1.165, 1.54) is 6.92 Å². The number of nitrogens with zero attached hydrogens (tertiary/aromatic N) is 1. The largest absolute Gasteiger partial charge is 0.486 e. The van der Waals surface area contributed by atoms with Crippen LogP contribution in [0.4, 0.5) is 0 Å². The molecule has 0 unspecified atom stereocenters. The fraction of sp³-hybridized carbons (Fsp3) is 0.222. The van der Waals surface area contributed by atoms with Gasteiger partial charge in [-0.1, -0.05) is 11.6 Å². The number of H-pyrrole nitrogens is 1. The molecule has 3 aromatic rings. The Morgan fingerprint density at radius 1 is 1.24 bits per heavy atom. The number of carbonyl (C=O) groups excluding carboxylic acids is 1. The van der Waals surface area contributed by atoms with Crippen LogP contribution in [0.25, 0.3) is 22.2 Å². The summed E-state index contributed by atoms with van der Waals surface area (Å²) in [6, 6.07) is 7.65. The molecule has 1 aromatic carbocycles. The zero-order valence-corrected chi connectivity index (χ0v) is 14.3. The second-order valence-corrected chi connectivity index (χ2v) is 6.24. The average Bonchev–Trinajstić information content (AvgIpc) is 3.00. The van der Waals surface area contributed by atoms with Gasteiger partial charge in [-0.15, -0.1) is 0 Å². The molecular weight excluding hydrogens is 342 g/mol. The summed E-state index contributed by atoms with van der Waals surface area (Å²) in [6.45, 7) is 2.98. The zero-order chi connectivity index (χ0) is 17.4. The van der Waals surface area contributed by atoms with Gasteiger partial charge in [-0.3, -0.25) is 9.78 Å². The molecule has 0 aliphatic carbocycles. The highest BCUT2D eigenvalue weighted by atomic mass is 35.5. The number of carbonyl (C=O) groups is 1. The number of amides is 1. The van der Waals surface area contributed by atoms with Gasteiger partial charge < -0.3 is 19.8 Å². The van der Waals surface area contributed by atoms with Crippen molar-refractivity contribution in [1.82, 2.24) is 15.3 Å². The summed E-state index contributed by atoms with van der Waals surface area (Å²) in [5, 5.41) is 4.35. The van der Waals surface area contributed by atoms with Gasteiger partial charge in [0.15, 0.2) is 11.5 Å². The summed E-state index contributed by atoms with van der Waals surface area (Å²) in [7, 11) is 0. The van der Waals surface area contributed by atoms with E-state index in [0.29, 0.717) is 42.0 Å². The van der Waals surface area contributed by atoms with Crippen molar-refractivity contribution < 1.29 is 14.3 Å². The lowest BCUT2D eigenvalue weighted by molar-refractivity contribution is -0.119. The molecule has 6 nitrogen and oxygen atoms in total. The van der Waals surface area contributed by atoms with Gasteiger partial charge in [0.25, 0.3) is 0 Å². The number of benzene rings is 1. The molecule has 0 radical (unpaired) electrons. The number of nitrogens with one attached hydrogen (secondary N) is 2. The maximum Gasteiger partial charge on any atom is 0.217 e. The number of ether oxygens (including phenoxy) is 2. The topological polar surface area (TPSA) is 76.2 Å². The van der Waals surface area contributed by atoms with E-state index in [9.17, 15) is 4.79 Å². The maximum absolute atomic E-state index is 11.1. The molecule has 1 aliphatic heterocycles. The minimum atomic E-state index is -0.0714. The zero-order valence-electron chi connectivity index (χ0n) is 13.6. The van der Waals surface area contributed by atoms with Crippen LogP contribution < -0.4 is 14.8 Å². The van der Waals surface area contributed by atoms with E-state index in [0.717, 1.165) is 22.2 Å². The van der Waals surface area contributed by atoms with Crippen LogP contribution in [-0.2, 0) is 11.3 Å². The molecule has 128 valence electrons. The van der Waals surface area contributed by atoms with Crippen molar-refractivity contribution in [2.75, 3.05) is 13.2 Å². The smallest absolute Gasteiger partial charge is 0.217 e. The van der Waals surface area contributed by atoms with Crippen molar-refractivity contribution in [3.8, 4) is 22.8 Å². The van der Waals surface area contributed by atoms with Crippen LogP contribution in [0, 0.1) is 0 Å². The van der Waals surface area contributed by atoms with Crippen molar-refractivity contribution in [1.29, 1.82) is 0 Å². The molecule has 3 heterocycles. The first-order valence-corrected chi connectivity index (χ1v) is 8.29. The molecule has 1 amide bonds. The number of aromatic amines is 1. The van der Waals surface area contributed by atoms with Crippen LogP contribution in [-0.4, -0.2) is 29.1 Å². The predicted octanol–water partition coefficient (Wildman–Crippen LogP) is 3.29. The van der Waals surface area contributed by atoms with Crippen LogP contribution in [0.2, 0.25) is 5.02 Å². The van der Waals surface area contributed by atoms with Crippen molar-refractivity contribution in [2.24, 2.45) is 0 Å². The number of halogens is 1. The van der Waals surface area contributed by atoms with Crippen LogP contribution in [0.3, 0.4) is 0 Å². The Labute approximate surface area is 149 Å². The van der Waals surface area contributed by atoms with Gasteiger partial charge in [-0.25, -0.2) is 0 Å². The first-order valence-electron chi connectivity index (χ1n) is 7.92. The minimum absolute atomic E-state index is 0.0714. The molecular formula is C18H16ClN3O3.